The van der Waals surface area contributed by atoms with Crippen LogP contribution in [0.5, 0.6) is 11.5 Å². The number of carbonyl (C=O) groups excluding carboxylic acids is 2. The molecule has 0 saturated carbocycles. The van der Waals surface area contributed by atoms with Gasteiger partial charge in [0.05, 0.1) is 11.6 Å². The van der Waals surface area contributed by atoms with Gasteiger partial charge in [0.1, 0.15) is 11.5 Å². The van der Waals surface area contributed by atoms with E-state index in [-0.39, 0.29) is 18.9 Å². The Hall–Kier alpha value is -2.44. The lowest BCUT2D eigenvalue weighted by Gasteiger charge is -2.11. The molecule has 2 amide bonds. The Labute approximate surface area is 174 Å². The topological polar surface area (TPSA) is 76.7 Å². The SMILES string of the molecule is Cc1ccc(C)c(OCC(=O)NNC(=O)CCCOc2ccc(Cl)cc2Cl)c1. The highest BCUT2D eigenvalue weighted by atomic mass is 35.5. The molecule has 0 spiro atoms. The molecule has 150 valence electrons. The number of carbonyl (C=O) groups is 2. The van der Waals surface area contributed by atoms with Gasteiger partial charge in [-0.2, -0.15) is 0 Å². The first-order chi connectivity index (χ1) is 13.3. The number of halogens is 2. The van der Waals surface area contributed by atoms with Crippen molar-refractivity contribution in [2.24, 2.45) is 0 Å². The molecular formula is C20H22Cl2N2O4. The Balaban J connectivity index is 1.62. The average molecular weight is 425 g/mol. The van der Waals surface area contributed by atoms with E-state index in [0.29, 0.717) is 34.6 Å². The number of amides is 2. The van der Waals surface area contributed by atoms with E-state index >= 15 is 0 Å². The van der Waals surface area contributed by atoms with Crippen LogP contribution in [0.1, 0.15) is 24.0 Å². The van der Waals surface area contributed by atoms with Gasteiger partial charge >= 0.3 is 0 Å². The zero-order chi connectivity index (χ0) is 20.5. The van der Waals surface area contributed by atoms with Crippen molar-refractivity contribution in [2.75, 3.05) is 13.2 Å². The number of rotatable bonds is 8. The van der Waals surface area contributed by atoms with Gasteiger partial charge in [0.25, 0.3) is 5.91 Å². The van der Waals surface area contributed by atoms with Crippen LogP contribution in [-0.2, 0) is 9.59 Å². The fourth-order valence-corrected chi connectivity index (χ4v) is 2.71. The van der Waals surface area contributed by atoms with Gasteiger partial charge in [0.15, 0.2) is 6.61 Å². The van der Waals surface area contributed by atoms with Gasteiger partial charge in [-0.25, -0.2) is 0 Å². The molecule has 0 fully saturated rings. The van der Waals surface area contributed by atoms with Crippen LogP contribution in [0.2, 0.25) is 10.0 Å². The molecule has 2 N–H and O–H groups in total. The maximum atomic E-state index is 11.8. The second kappa shape index (κ2) is 10.8. The molecule has 2 aromatic rings. The Morgan fingerprint density at radius 2 is 1.68 bits per heavy atom. The largest absolute Gasteiger partial charge is 0.492 e. The minimum absolute atomic E-state index is 0.184. The highest BCUT2D eigenvalue weighted by molar-refractivity contribution is 6.35. The molecule has 2 rings (SSSR count). The van der Waals surface area contributed by atoms with Crippen LogP contribution < -0.4 is 20.3 Å². The molecule has 6 nitrogen and oxygen atoms in total. The van der Waals surface area contributed by atoms with E-state index in [9.17, 15) is 9.59 Å². The van der Waals surface area contributed by atoms with E-state index in [4.69, 9.17) is 32.7 Å². The number of hydrazine groups is 1. The summed E-state index contributed by atoms with van der Waals surface area (Å²) in [7, 11) is 0. The zero-order valence-electron chi connectivity index (χ0n) is 15.7. The lowest BCUT2D eigenvalue weighted by Crippen LogP contribution is -2.43. The quantitative estimate of drug-likeness (QED) is 0.495. The lowest BCUT2D eigenvalue weighted by molar-refractivity contribution is -0.130. The van der Waals surface area contributed by atoms with E-state index in [0.717, 1.165) is 11.1 Å². The second-order valence-electron chi connectivity index (χ2n) is 6.18. The monoisotopic (exact) mass is 424 g/mol. The minimum Gasteiger partial charge on any atom is -0.492 e. The number of hydrogen-bond donors (Lipinski definition) is 2. The molecule has 0 saturated heterocycles. The lowest BCUT2D eigenvalue weighted by atomic mass is 10.1. The van der Waals surface area contributed by atoms with Gasteiger partial charge in [-0.1, -0.05) is 35.3 Å². The molecule has 0 aliphatic carbocycles. The summed E-state index contributed by atoms with van der Waals surface area (Å²) in [6.45, 7) is 3.95. The maximum absolute atomic E-state index is 11.8. The number of aryl methyl sites for hydroxylation is 2. The minimum atomic E-state index is -0.446. The third-order valence-electron chi connectivity index (χ3n) is 3.74. The second-order valence-corrected chi connectivity index (χ2v) is 7.02. The van der Waals surface area contributed by atoms with E-state index in [1.165, 1.54) is 0 Å². The number of hydrogen-bond acceptors (Lipinski definition) is 4. The van der Waals surface area contributed by atoms with Crippen LogP contribution in [0, 0.1) is 13.8 Å². The summed E-state index contributed by atoms with van der Waals surface area (Å²) < 4.78 is 11.0. The highest BCUT2D eigenvalue weighted by Crippen LogP contribution is 2.27. The van der Waals surface area contributed by atoms with Crippen molar-refractivity contribution in [1.82, 2.24) is 10.9 Å². The fraction of sp³-hybridized carbons (Fsp3) is 0.300. The van der Waals surface area contributed by atoms with E-state index < -0.39 is 5.91 Å². The van der Waals surface area contributed by atoms with Crippen molar-refractivity contribution < 1.29 is 19.1 Å². The van der Waals surface area contributed by atoms with Crippen LogP contribution in [0.25, 0.3) is 0 Å². The van der Waals surface area contributed by atoms with Crippen LogP contribution >= 0.6 is 23.2 Å². The molecule has 8 heteroatoms. The molecule has 0 aromatic heterocycles. The first kappa shape index (κ1) is 21.9. The smallest absolute Gasteiger partial charge is 0.276 e. The first-order valence-corrected chi connectivity index (χ1v) is 9.46. The third kappa shape index (κ3) is 7.29. The summed E-state index contributed by atoms with van der Waals surface area (Å²) in [6.07, 6.45) is 0.642. The number of nitrogens with one attached hydrogen (secondary N) is 2. The maximum Gasteiger partial charge on any atom is 0.276 e. The summed E-state index contributed by atoms with van der Waals surface area (Å²) in [5, 5.41) is 0.932. The van der Waals surface area contributed by atoms with Gasteiger partial charge in [0, 0.05) is 11.4 Å². The van der Waals surface area contributed by atoms with Crippen molar-refractivity contribution in [3.05, 3.63) is 57.6 Å². The predicted molar refractivity (Wildman–Crippen MR) is 109 cm³/mol. The van der Waals surface area contributed by atoms with Crippen molar-refractivity contribution in [3.8, 4) is 11.5 Å². The van der Waals surface area contributed by atoms with Crippen LogP contribution in [0.3, 0.4) is 0 Å². The molecule has 28 heavy (non-hydrogen) atoms. The normalized spacial score (nSPS) is 10.3. The average Bonchev–Trinajstić information content (AvgIpc) is 2.65. The standard InChI is InChI=1S/C20H22Cl2N2O4/c1-13-5-6-14(2)18(10-13)28-12-20(26)24-23-19(25)4-3-9-27-17-8-7-15(21)11-16(17)22/h5-8,10-11H,3-4,9,12H2,1-2H3,(H,23,25)(H,24,26). The van der Waals surface area contributed by atoms with E-state index in [1.807, 2.05) is 32.0 Å². The number of ether oxygens (including phenoxy) is 2. The molecule has 0 aliphatic heterocycles. The van der Waals surface area contributed by atoms with Gasteiger partial charge in [-0.3, -0.25) is 20.4 Å². The Morgan fingerprint density at radius 3 is 2.43 bits per heavy atom. The molecule has 0 bridgehead atoms. The third-order valence-corrected chi connectivity index (χ3v) is 4.27. The predicted octanol–water partition coefficient (Wildman–Crippen LogP) is 4.00. The zero-order valence-corrected chi connectivity index (χ0v) is 17.2. The molecule has 0 aliphatic rings. The molecular weight excluding hydrogens is 403 g/mol. The Kier molecular flexibility index (Phi) is 8.42. The van der Waals surface area contributed by atoms with Gasteiger partial charge < -0.3 is 9.47 Å². The summed E-state index contributed by atoms with van der Waals surface area (Å²) in [5.41, 5.74) is 6.64. The Bertz CT molecular complexity index is 843. The van der Waals surface area contributed by atoms with E-state index in [2.05, 4.69) is 10.9 Å². The molecule has 2 aromatic carbocycles. The summed E-state index contributed by atoms with van der Waals surface area (Å²) in [4.78, 5) is 23.6. The molecule has 0 heterocycles. The first-order valence-electron chi connectivity index (χ1n) is 8.70. The summed E-state index contributed by atoms with van der Waals surface area (Å²) in [5.74, 6) is 0.368. The van der Waals surface area contributed by atoms with Crippen LogP contribution in [-0.4, -0.2) is 25.0 Å². The van der Waals surface area contributed by atoms with Crippen LogP contribution in [0.4, 0.5) is 0 Å². The van der Waals surface area contributed by atoms with E-state index in [1.54, 1.807) is 18.2 Å². The fourth-order valence-electron chi connectivity index (χ4n) is 2.25. The van der Waals surface area contributed by atoms with Crippen molar-refractivity contribution >= 4 is 35.0 Å². The van der Waals surface area contributed by atoms with Crippen molar-refractivity contribution in [2.45, 2.75) is 26.7 Å². The molecule has 0 radical (unpaired) electrons. The summed E-state index contributed by atoms with van der Waals surface area (Å²) >= 11 is 11.8. The van der Waals surface area contributed by atoms with Crippen LogP contribution in [0.15, 0.2) is 36.4 Å². The molecule has 0 unspecified atom stereocenters. The van der Waals surface area contributed by atoms with Crippen molar-refractivity contribution in [3.63, 3.8) is 0 Å². The Morgan fingerprint density at radius 1 is 0.929 bits per heavy atom. The van der Waals surface area contributed by atoms with Crippen molar-refractivity contribution in [1.29, 1.82) is 0 Å². The highest BCUT2D eigenvalue weighted by Gasteiger charge is 2.08. The molecule has 0 atom stereocenters. The number of benzene rings is 2. The summed E-state index contributed by atoms with van der Waals surface area (Å²) in [6, 6.07) is 10.7. The van der Waals surface area contributed by atoms with Gasteiger partial charge in [-0.15, -0.1) is 0 Å². The van der Waals surface area contributed by atoms with Gasteiger partial charge in [0.2, 0.25) is 5.91 Å². The van der Waals surface area contributed by atoms with Gasteiger partial charge in [-0.05, 0) is 55.7 Å².